The molecule has 1 aliphatic rings. The van der Waals surface area contributed by atoms with Crippen molar-refractivity contribution in [3.63, 3.8) is 0 Å². The van der Waals surface area contributed by atoms with Crippen LogP contribution in [-0.4, -0.2) is 47.3 Å². The van der Waals surface area contributed by atoms with Crippen molar-refractivity contribution in [2.45, 2.75) is 29.1 Å². The molecule has 0 spiro atoms. The van der Waals surface area contributed by atoms with Crippen LogP contribution < -0.4 is 10.5 Å². The van der Waals surface area contributed by atoms with Gasteiger partial charge in [-0.1, -0.05) is 12.5 Å². The normalized spacial score (nSPS) is 17.5. The SMILES string of the molecule is NCCNS(=O)(=O)c1cccc(S(=O)(=O)N2CCCCC2)c1. The van der Waals surface area contributed by atoms with E-state index in [1.807, 2.05) is 0 Å². The Morgan fingerprint density at radius 1 is 1.05 bits per heavy atom. The smallest absolute Gasteiger partial charge is 0.243 e. The van der Waals surface area contributed by atoms with Crippen molar-refractivity contribution in [3.8, 4) is 0 Å². The average Bonchev–Trinajstić information content (AvgIpc) is 2.54. The lowest BCUT2D eigenvalue weighted by Gasteiger charge is -2.26. The van der Waals surface area contributed by atoms with Crippen LogP contribution in [0, 0.1) is 0 Å². The molecule has 1 aliphatic heterocycles. The Morgan fingerprint density at radius 3 is 2.32 bits per heavy atom. The molecule has 0 aliphatic carbocycles. The van der Waals surface area contributed by atoms with E-state index >= 15 is 0 Å². The van der Waals surface area contributed by atoms with E-state index in [0.29, 0.717) is 13.1 Å². The average molecular weight is 347 g/mol. The van der Waals surface area contributed by atoms with Crippen molar-refractivity contribution in [1.29, 1.82) is 0 Å². The molecular weight excluding hydrogens is 326 g/mol. The molecule has 7 nitrogen and oxygen atoms in total. The molecule has 22 heavy (non-hydrogen) atoms. The van der Waals surface area contributed by atoms with E-state index in [2.05, 4.69) is 4.72 Å². The van der Waals surface area contributed by atoms with Gasteiger partial charge < -0.3 is 5.73 Å². The second-order valence-corrected chi connectivity index (χ2v) is 8.83. The standard InChI is InChI=1S/C13H21N3O4S2/c14-7-8-15-21(17,18)12-5-4-6-13(11-12)22(19,20)16-9-2-1-3-10-16/h4-6,11,15H,1-3,7-10,14H2. The van der Waals surface area contributed by atoms with Crippen LogP contribution in [-0.2, 0) is 20.0 Å². The number of benzene rings is 1. The van der Waals surface area contributed by atoms with Crippen LogP contribution in [0.3, 0.4) is 0 Å². The van der Waals surface area contributed by atoms with Crippen LogP contribution in [0.5, 0.6) is 0 Å². The van der Waals surface area contributed by atoms with Crippen LogP contribution in [0.2, 0.25) is 0 Å². The van der Waals surface area contributed by atoms with Crippen molar-refractivity contribution in [3.05, 3.63) is 24.3 Å². The van der Waals surface area contributed by atoms with E-state index in [-0.39, 0.29) is 22.9 Å². The highest BCUT2D eigenvalue weighted by molar-refractivity contribution is 7.90. The maximum absolute atomic E-state index is 12.6. The van der Waals surface area contributed by atoms with Gasteiger partial charge in [-0.25, -0.2) is 21.6 Å². The molecule has 1 saturated heterocycles. The Kier molecular flexibility index (Phi) is 5.56. The molecule has 9 heteroatoms. The summed E-state index contributed by atoms with van der Waals surface area (Å²) in [6.45, 7) is 1.23. The number of nitrogens with zero attached hydrogens (tertiary/aromatic N) is 1. The van der Waals surface area contributed by atoms with Gasteiger partial charge in [0.2, 0.25) is 20.0 Å². The van der Waals surface area contributed by atoms with E-state index in [1.165, 1.54) is 28.6 Å². The van der Waals surface area contributed by atoms with Crippen LogP contribution in [0.1, 0.15) is 19.3 Å². The summed E-state index contributed by atoms with van der Waals surface area (Å²) in [5, 5.41) is 0. The van der Waals surface area contributed by atoms with Gasteiger partial charge in [0.25, 0.3) is 0 Å². The topological polar surface area (TPSA) is 110 Å². The summed E-state index contributed by atoms with van der Waals surface area (Å²) >= 11 is 0. The molecule has 2 rings (SSSR count). The molecule has 0 saturated carbocycles. The molecule has 0 aromatic heterocycles. The second-order valence-electron chi connectivity index (χ2n) is 5.13. The van der Waals surface area contributed by atoms with Gasteiger partial charge >= 0.3 is 0 Å². The highest BCUT2D eigenvalue weighted by atomic mass is 32.2. The van der Waals surface area contributed by atoms with Crippen molar-refractivity contribution in [2.24, 2.45) is 5.73 Å². The maximum atomic E-state index is 12.6. The fourth-order valence-electron chi connectivity index (χ4n) is 2.33. The van der Waals surface area contributed by atoms with Crippen molar-refractivity contribution in [2.75, 3.05) is 26.2 Å². The molecular formula is C13H21N3O4S2. The zero-order chi connectivity index (χ0) is 16.2. The van der Waals surface area contributed by atoms with E-state index in [0.717, 1.165) is 19.3 Å². The van der Waals surface area contributed by atoms with E-state index in [4.69, 9.17) is 5.73 Å². The van der Waals surface area contributed by atoms with Gasteiger partial charge in [0.05, 0.1) is 9.79 Å². The Hall–Kier alpha value is -1.00. The maximum Gasteiger partial charge on any atom is 0.243 e. The third-order valence-electron chi connectivity index (χ3n) is 3.51. The number of sulfonamides is 2. The predicted molar refractivity (Wildman–Crippen MR) is 83.3 cm³/mol. The van der Waals surface area contributed by atoms with Gasteiger partial charge in [-0.15, -0.1) is 0 Å². The molecule has 1 aromatic rings. The minimum Gasteiger partial charge on any atom is -0.329 e. The van der Waals surface area contributed by atoms with Gasteiger partial charge in [0.1, 0.15) is 0 Å². The quantitative estimate of drug-likeness (QED) is 0.758. The Morgan fingerprint density at radius 2 is 1.68 bits per heavy atom. The number of nitrogens with one attached hydrogen (secondary N) is 1. The van der Waals surface area contributed by atoms with Gasteiger partial charge in [0.15, 0.2) is 0 Å². The van der Waals surface area contributed by atoms with Gasteiger partial charge in [-0.3, -0.25) is 0 Å². The summed E-state index contributed by atoms with van der Waals surface area (Å²) in [4.78, 5) is -0.0657. The lowest BCUT2D eigenvalue weighted by molar-refractivity contribution is 0.346. The summed E-state index contributed by atoms with van der Waals surface area (Å²) in [6.07, 6.45) is 2.67. The lowest BCUT2D eigenvalue weighted by atomic mass is 10.2. The molecule has 1 aromatic carbocycles. The van der Waals surface area contributed by atoms with E-state index < -0.39 is 20.0 Å². The summed E-state index contributed by atoms with van der Waals surface area (Å²) in [5.74, 6) is 0. The molecule has 0 radical (unpaired) electrons. The molecule has 3 N–H and O–H groups in total. The first-order valence-electron chi connectivity index (χ1n) is 7.18. The summed E-state index contributed by atoms with van der Waals surface area (Å²) in [5.41, 5.74) is 5.28. The largest absolute Gasteiger partial charge is 0.329 e. The zero-order valence-corrected chi connectivity index (χ0v) is 13.9. The number of hydrogen-bond acceptors (Lipinski definition) is 5. The molecule has 0 unspecified atom stereocenters. The number of piperidine rings is 1. The minimum absolute atomic E-state index is 0.00465. The first-order valence-corrected chi connectivity index (χ1v) is 10.1. The number of nitrogens with two attached hydrogens (primary N) is 1. The highest BCUT2D eigenvalue weighted by Crippen LogP contribution is 2.22. The predicted octanol–water partition coefficient (Wildman–Crippen LogP) is 0.0982. The number of hydrogen-bond donors (Lipinski definition) is 2. The Balaban J connectivity index is 2.31. The molecule has 1 heterocycles. The Labute approximate surface area is 131 Å². The molecule has 0 atom stereocenters. The monoisotopic (exact) mass is 347 g/mol. The zero-order valence-electron chi connectivity index (χ0n) is 12.2. The summed E-state index contributed by atoms with van der Waals surface area (Å²) in [6, 6.07) is 5.43. The van der Waals surface area contributed by atoms with E-state index in [1.54, 1.807) is 0 Å². The van der Waals surface area contributed by atoms with Gasteiger partial charge in [0, 0.05) is 26.2 Å². The van der Waals surface area contributed by atoms with Crippen LogP contribution in [0.4, 0.5) is 0 Å². The Bertz CT molecular complexity index is 711. The molecule has 124 valence electrons. The third-order valence-corrected chi connectivity index (χ3v) is 6.86. The second kappa shape index (κ2) is 7.05. The molecule has 1 fully saturated rings. The fraction of sp³-hybridized carbons (Fsp3) is 0.538. The first-order chi connectivity index (χ1) is 10.4. The number of rotatable bonds is 6. The van der Waals surface area contributed by atoms with Crippen LogP contribution >= 0.6 is 0 Å². The lowest BCUT2D eigenvalue weighted by Crippen LogP contribution is -2.35. The van der Waals surface area contributed by atoms with Gasteiger partial charge in [-0.05, 0) is 31.0 Å². The highest BCUT2D eigenvalue weighted by Gasteiger charge is 2.27. The summed E-state index contributed by atoms with van der Waals surface area (Å²) < 4.78 is 53.0. The van der Waals surface area contributed by atoms with Crippen LogP contribution in [0.15, 0.2) is 34.1 Å². The summed E-state index contributed by atoms with van der Waals surface area (Å²) in [7, 11) is -7.40. The molecule has 0 amide bonds. The molecule has 0 bridgehead atoms. The van der Waals surface area contributed by atoms with Crippen LogP contribution in [0.25, 0.3) is 0 Å². The van der Waals surface area contributed by atoms with E-state index in [9.17, 15) is 16.8 Å². The van der Waals surface area contributed by atoms with Gasteiger partial charge in [-0.2, -0.15) is 4.31 Å². The minimum atomic E-state index is -3.75. The first kappa shape index (κ1) is 17.4. The van der Waals surface area contributed by atoms with Crippen molar-refractivity contribution >= 4 is 20.0 Å². The van der Waals surface area contributed by atoms with Crippen molar-refractivity contribution in [1.82, 2.24) is 9.03 Å². The van der Waals surface area contributed by atoms with Crippen molar-refractivity contribution < 1.29 is 16.8 Å². The fourth-order valence-corrected chi connectivity index (χ4v) is 5.06. The third kappa shape index (κ3) is 3.85.